The van der Waals surface area contributed by atoms with E-state index in [1.54, 1.807) is 4.90 Å². The second kappa shape index (κ2) is 8.67. The Morgan fingerprint density at radius 1 is 0.926 bits per heavy atom. The first-order valence-corrected chi connectivity index (χ1v) is 10.9. The van der Waals surface area contributed by atoms with Crippen LogP contribution in [0.2, 0.25) is 0 Å². The standard InChI is InChI=1S/C21H26N2O3S/c1-18(20-10-6-3-7-11-20)16-21(24)22-12-14-23(15-13-22)27(25,26)17-19-8-4-2-5-9-19/h2-11,18H,12-17H2,1H3. The fourth-order valence-electron chi connectivity index (χ4n) is 3.38. The van der Waals surface area contributed by atoms with Crippen molar-refractivity contribution < 1.29 is 13.2 Å². The molecule has 0 saturated carbocycles. The van der Waals surface area contributed by atoms with Crippen LogP contribution in [0.15, 0.2) is 60.7 Å². The summed E-state index contributed by atoms with van der Waals surface area (Å²) in [5, 5.41) is 0. The number of hydrogen-bond donors (Lipinski definition) is 0. The van der Waals surface area contributed by atoms with Crippen LogP contribution in [0.25, 0.3) is 0 Å². The lowest BCUT2D eigenvalue weighted by molar-refractivity contribution is -0.132. The van der Waals surface area contributed by atoms with Gasteiger partial charge in [-0.25, -0.2) is 8.42 Å². The first-order chi connectivity index (χ1) is 13.0. The van der Waals surface area contributed by atoms with Crippen LogP contribution in [-0.4, -0.2) is 49.7 Å². The minimum absolute atomic E-state index is 0.00677. The molecule has 0 spiro atoms. The molecule has 0 radical (unpaired) electrons. The summed E-state index contributed by atoms with van der Waals surface area (Å²) in [6, 6.07) is 19.2. The molecule has 0 aromatic heterocycles. The fourth-order valence-corrected chi connectivity index (χ4v) is 4.90. The van der Waals surface area contributed by atoms with Gasteiger partial charge in [0.25, 0.3) is 0 Å². The highest BCUT2D eigenvalue weighted by molar-refractivity contribution is 7.88. The van der Waals surface area contributed by atoms with Gasteiger partial charge in [-0.15, -0.1) is 0 Å². The first-order valence-electron chi connectivity index (χ1n) is 9.30. The monoisotopic (exact) mass is 386 g/mol. The molecule has 144 valence electrons. The van der Waals surface area contributed by atoms with Crippen LogP contribution >= 0.6 is 0 Å². The van der Waals surface area contributed by atoms with E-state index >= 15 is 0 Å². The Bertz CT molecular complexity index is 846. The normalized spacial score (nSPS) is 16.9. The molecule has 1 unspecified atom stereocenters. The molecule has 1 fully saturated rings. The van der Waals surface area contributed by atoms with E-state index in [0.717, 1.165) is 11.1 Å². The number of sulfonamides is 1. The van der Waals surface area contributed by atoms with Gasteiger partial charge in [-0.05, 0) is 17.0 Å². The van der Waals surface area contributed by atoms with Gasteiger partial charge in [-0.2, -0.15) is 4.31 Å². The summed E-state index contributed by atoms with van der Waals surface area (Å²) in [7, 11) is -3.36. The van der Waals surface area contributed by atoms with Gasteiger partial charge in [0, 0.05) is 32.6 Å². The van der Waals surface area contributed by atoms with Crippen molar-refractivity contribution in [3.63, 3.8) is 0 Å². The van der Waals surface area contributed by atoms with Gasteiger partial charge in [0.2, 0.25) is 15.9 Å². The molecule has 0 bridgehead atoms. The van der Waals surface area contributed by atoms with Crippen LogP contribution in [0, 0.1) is 0 Å². The molecule has 1 atom stereocenters. The third-order valence-electron chi connectivity index (χ3n) is 5.03. The summed E-state index contributed by atoms with van der Waals surface area (Å²) in [5.41, 5.74) is 1.93. The lowest BCUT2D eigenvalue weighted by Crippen LogP contribution is -2.50. The minimum atomic E-state index is -3.36. The van der Waals surface area contributed by atoms with Crippen LogP contribution in [0.3, 0.4) is 0 Å². The van der Waals surface area contributed by atoms with Gasteiger partial charge in [0.1, 0.15) is 0 Å². The van der Waals surface area contributed by atoms with Crippen molar-refractivity contribution in [2.45, 2.75) is 25.0 Å². The van der Waals surface area contributed by atoms with E-state index in [9.17, 15) is 13.2 Å². The van der Waals surface area contributed by atoms with E-state index in [1.807, 2.05) is 67.6 Å². The molecule has 1 heterocycles. The summed E-state index contributed by atoms with van der Waals surface area (Å²) in [5.74, 6) is 0.248. The zero-order valence-electron chi connectivity index (χ0n) is 15.6. The average molecular weight is 387 g/mol. The quantitative estimate of drug-likeness (QED) is 0.767. The van der Waals surface area contributed by atoms with Crippen molar-refractivity contribution in [1.29, 1.82) is 0 Å². The van der Waals surface area contributed by atoms with Gasteiger partial charge in [-0.1, -0.05) is 67.6 Å². The third-order valence-corrected chi connectivity index (χ3v) is 6.88. The zero-order valence-corrected chi connectivity index (χ0v) is 16.4. The molecule has 6 heteroatoms. The lowest BCUT2D eigenvalue weighted by Gasteiger charge is -2.34. The summed E-state index contributed by atoms with van der Waals surface area (Å²) in [4.78, 5) is 14.4. The van der Waals surface area contributed by atoms with E-state index in [-0.39, 0.29) is 17.6 Å². The molecule has 27 heavy (non-hydrogen) atoms. The average Bonchev–Trinajstić information content (AvgIpc) is 2.69. The Hall–Kier alpha value is -2.18. The number of nitrogens with zero attached hydrogens (tertiary/aromatic N) is 2. The van der Waals surface area contributed by atoms with Gasteiger partial charge >= 0.3 is 0 Å². The topological polar surface area (TPSA) is 57.7 Å². The summed E-state index contributed by atoms with van der Waals surface area (Å²) < 4.78 is 26.7. The van der Waals surface area contributed by atoms with E-state index in [4.69, 9.17) is 0 Å². The number of carbonyl (C=O) groups is 1. The Labute approximate surface area is 161 Å². The fraction of sp³-hybridized carbons (Fsp3) is 0.381. The van der Waals surface area contributed by atoms with Crippen LogP contribution in [0.5, 0.6) is 0 Å². The maximum Gasteiger partial charge on any atom is 0.223 e. The Kier molecular flexibility index (Phi) is 6.29. The number of benzene rings is 2. The van der Waals surface area contributed by atoms with Gasteiger partial charge in [0.15, 0.2) is 0 Å². The van der Waals surface area contributed by atoms with E-state index in [2.05, 4.69) is 0 Å². The number of piperazine rings is 1. The maximum atomic E-state index is 12.6. The Balaban J connectivity index is 1.53. The molecule has 1 amide bonds. The predicted molar refractivity (Wildman–Crippen MR) is 107 cm³/mol. The number of carbonyl (C=O) groups excluding carboxylic acids is 1. The molecule has 1 aliphatic rings. The number of hydrogen-bond acceptors (Lipinski definition) is 3. The summed E-state index contributed by atoms with van der Waals surface area (Å²) in [6.07, 6.45) is 0.445. The van der Waals surface area contributed by atoms with Crippen molar-refractivity contribution in [1.82, 2.24) is 9.21 Å². The van der Waals surface area contributed by atoms with Gasteiger partial charge < -0.3 is 4.90 Å². The van der Waals surface area contributed by atoms with Gasteiger partial charge in [-0.3, -0.25) is 4.79 Å². The van der Waals surface area contributed by atoms with Crippen molar-refractivity contribution in [2.75, 3.05) is 26.2 Å². The molecule has 2 aromatic rings. The molecule has 1 aliphatic heterocycles. The highest BCUT2D eigenvalue weighted by atomic mass is 32.2. The van der Waals surface area contributed by atoms with Crippen LogP contribution in [0.1, 0.15) is 30.4 Å². The van der Waals surface area contributed by atoms with Crippen LogP contribution < -0.4 is 0 Å². The number of rotatable bonds is 6. The van der Waals surface area contributed by atoms with E-state index < -0.39 is 10.0 Å². The highest BCUT2D eigenvalue weighted by Gasteiger charge is 2.29. The molecule has 0 aliphatic carbocycles. The first kappa shape index (κ1) is 19.6. The van der Waals surface area contributed by atoms with Crippen molar-refractivity contribution in [3.05, 3.63) is 71.8 Å². The number of amides is 1. The largest absolute Gasteiger partial charge is 0.340 e. The molecular formula is C21H26N2O3S. The van der Waals surface area contributed by atoms with Crippen molar-refractivity contribution >= 4 is 15.9 Å². The minimum Gasteiger partial charge on any atom is -0.340 e. The Morgan fingerprint density at radius 2 is 1.48 bits per heavy atom. The smallest absolute Gasteiger partial charge is 0.223 e. The molecule has 3 rings (SSSR count). The second-order valence-electron chi connectivity index (χ2n) is 7.04. The summed E-state index contributed by atoms with van der Waals surface area (Å²) >= 11 is 0. The van der Waals surface area contributed by atoms with Crippen LogP contribution in [0.4, 0.5) is 0 Å². The molecule has 1 saturated heterocycles. The van der Waals surface area contributed by atoms with E-state index in [1.165, 1.54) is 4.31 Å². The SMILES string of the molecule is CC(CC(=O)N1CCN(S(=O)(=O)Cc2ccccc2)CC1)c1ccccc1. The molecule has 2 aromatic carbocycles. The molecular weight excluding hydrogens is 360 g/mol. The lowest BCUT2D eigenvalue weighted by atomic mass is 9.97. The predicted octanol–water partition coefficient (Wildman–Crippen LogP) is 2.85. The second-order valence-corrected chi connectivity index (χ2v) is 9.01. The van der Waals surface area contributed by atoms with Crippen molar-refractivity contribution in [2.24, 2.45) is 0 Å². The molecule has 0 N–H and O–H groups in total. The third kappa shape index (κ3) is 5.17. The molecule has 5 nitrogen and oxygen atoms in total. The maximum absolute atomic E-state index is 12.6. The van der Waals surface area contributed by atoms with Crippen molar-refractivity contribution in [3.8, 4) is 0 Å². The van der Waals surface area contributed by atoms with Crippen LogP contribution in [-0.2, 0) is 20.6 Å². The van der Waals surface area contributed by atoms with E-state index in [0.29, 0.717) is 32.6 Å². The van der Waals surface area contributed by atoms with Gasteiger partial charge in [0.05, 0.1) is 5.75 Å². The Morgan fingerprint density at radius 3 is 2.07 bits per heavy atom. The highest BCUT2D eigenvalue weighted by Crippen LogP contribution is 2.21. The zero-order chi connectivity index (χ0) is 19.3. The summed E-state index contributed by atoms with van der Waals surface area (Å²) in [6.45, 7) is 3.68.